The van der Waals surface area contributed by atoms with E-state index in [4.69, 9.17) is 0 Å². The maximum Gasteiger partial charge on any atom is 0.138 e. The number of nitriles is 1. The van der Waals surface area contributed by atoms with E-state index in [0.29, 0.717) is 5.57 Å². The molecule has 0 saturated carbocycles. The van der Waals surface area contributed by atoms with E-state index in [-0.39, 0.29) is 0 Å². The molecule has 2 heterocycles. The molecule has 0 spiro atoms. The highest BCUT2D eigenvalue weighted by atomic mass is 32.1. The Labute approximate surface area is 154 Å². The lowest BCUT2D eigenvalue weighted by molar-refractivity contribution is 1.24. The largest absolute Gasteiger partial charge is 0.360 e. The number of thiazole rings is 1. The van der Waals surface area contributed by atoms with Crippen molar-refractivity contribution < 1.29 is 0 Å². The van der Waals surface area contributed by atoms with Crippen LogP contribution in [0.1, 0.15) is 10.7 Å². The first kappa shape index (κ1) is 16.1. The van der Waals surface area contributed by atoms with Gasteiger partial charge >= 0.3 is 0 Å². The maximum absolute atomic E-state index is 9.32. The summed E-state index contributed by atoms with van der Waals surface area (Å²) in [7, 11) is 0. The van der Waals surface area contributed by atoms with Crippen LogP contribution in [0.2, 0.25) is 0 Å². The number of aromatic amines is 1. The predicted molar refractivity (Wildman–Crippen MR) is 106 cm³/mol. The van der Waals surface area contributed by atoms with Gasteiger partial charge in [0.2, 0.25) is 0 Å². The number of nitrogens with zero attached hydrogens (tertiary/aromatic N) is 3. The zero-order chi connectivity index (χ0) is 17.9. The van der Waals surface area contributed by atoms with Crippen LogP contribution in [0, 0.1) is 18.3 Å². The number of fused-ring (bicyclic) bond motifs is 1. The van der Waals surface area contributed by atoms with Gasteiger partial charge < -0.3 is 10.3 Å². The van der Waals surface area contributed by atoms with E-state index in [9.17, 15) is 5.26 Å². The van der Waals surface area contributed by atoms with Crippen molar-refractivity contribution in [1.29, 1.82) is 5.26 Å². The van der Waals surface area contributed by atoms with Gasteiger partial charge in [-0.25, -0.2) is 9.97 Å². The molecule has 126 valence electrons. The van der Waals surface area contributed by atoms with Crippen molar-refractivity contribution in [1.82, 2.24) is 15.0 Å². The predicted octanol–water partition coefficient (Wildman–Crippen LogP) is 4.97. The molecule has 0 fully saturated rings. The van der Waals surface area contributed by atoms with Gasteiger partial charge in [0.1, 0.15) is 22.5 Å². The van der Waals surface area contributed by atoms with Crippen LogP contribution < -0.4 is 5.32 Å². The highest BCUT2D eigenvalue weighted by Crippen LogP contribution is 2.23. The minimum Gasteiger partial charge on any atom is -0.360 e. The van der Waals surface area contributed by atoms with Crippen LogP contribution >= 0.6 is 11.3 Å². The van der Waals surface area contributed by atoms with Crippen molar-refractivity contribution in [3.63, 3.8) is 0 Å². The summed E-state index contributed by atoms with van der Waals surface area (Å²) in [5.41, 5.74) is 5.30. The molecule has 0 bridgehead atoms. The van der Waals surface area contributed by atoms with Crippen molar-refractivity contribution in [2.75, 3.05) is 5.32 Å². The molecule has 0 aliphatic carbocycles. The van der Waals surface area contributed by atoms with Crippen LogP contribution in [-0.4, -0.2) is 15.0 Å². The molecule has 4 aromatic rings. The fourth-order valence-corrected chi connectivity index (χ4v) is 3.35. The number of hydrogen-bond acceptors (Lipinski definition) is 5. The lowest BCUT2D eigenvalue weighted by atomic mass is 10.2. The fourth-order valence-electron chi connectivity index (χ4n) is 2.59. The number of para-hydroxylation sites is 2. The van der Waals surface area contributed by atoms with Crippen molar-refractivity contribution >= 4 is 33.6 Å². The number of H-pyrrole nitrogens is 1. The molecule has 6 heteroatoms. The Morgan fingerprint density at radius 1 is 1.15 bits per heavy atom. The Morgan fingerprint density at radius 3 is 2.65 bits per heavy atom. The minimum absolute atomic E-state index is 0.518. The summed E-state index contributed by atoms with van der Waals surface area (Å²) in [5.74, 6) is 0.837. The van der Waals surface area contributed by atoms with Crippen LogP contribution in [0.3, 0.4) is 0 Å². The quantitative estimate of drug-likeness (QED) is 0.505. The van der Waals surface area contributed by atoms with Crippen molar-refractivity contribution in [3.05, 3.63) is 70.8 Å². The molecule has 26 heavy (non-hydrogen) atoms. The standard InChI is InChI=1S/C20H15N5S/c1-13-12-26-20(23-13)15(10-21)11-22-16-8-6-14(7-9-16)19-24-17-4-2-3-5-18(17)25-19/h2-9,11-12,22H,1H3,(H,24,25)/b15-11+. The van der Waals surface area contributed by atoms with Crippen molar-refractivity contribution in [2.24, 2.45) is 0 Å². The second kappa shape index (κ2) is 6.82. The Bertz CT molecular complexity index is 1100. The first-order chi connectivity index (χ1) is 12.7. The Morgan fingerprint density at radius 2 is 1.96 bits per heavy atom. The van der Waals surface area contributed by atoms with Gasteiger partial charge in [-0.15, -0.1) is 11.3 Å². The van der Waals surface area contributed by atoms with Gasteiger partial charge in [0.15, 0.2) is 0 Å². The van der Waals surface area contributed by atoms with E-state index >= 15 is 0 Å². The average molecular weight is 357 g/mol. The number of allylic oxidation sites excluding steroid dienone is 1. The van der Waals surface area contributed by atoms with E-state index in [1.54, 1.807) is 6.20 Å². The van der Waals surface area contributed by atoms with Gasteiger partial charge in [-0.1, -0.05) is 12.1 Å². The Balaban J connectivity index is 1.54. The third-order valence-corrected chi connectivity index (χ3v) is 4.89. The third-order valence-electron chi connectivity index (χ3n) is 3.90. The molecule has 5 nitrogen and oxygen atoms in total. The van der Waals surface area contributed by atoms with E-state index in [0.717, 1.165) is 38.8 Å². The SMILES string of the molecule is Cc1csc(/C(C#N)=C/Nc2ccc(-c3nc4ccccc4[nH]3)cc2)n1. The number of nitrogens with one attached hydrogen (secondary N) is 2. The fraction of sp³-hybridized carbons (Fsp3) is 0.0500. The van der Waals surface area contributed by atoms with Gasteiger partial charge in [0.25, 0.3) is 0 Å². The number of benzene rings is 2. The number of anilines is 1. The van der Waals surface area contributed by atoms with Crippen LogP contribution in [-0.2, 0) is 0 Å². The molecule has 4 rings (SSSR count). The molecule has 0 aliphatic heterocycles. The number of aryl methyl sites for hydroxylation is 1. The van der Waals surface area contributed by atoms with Gasteiger partial charge in [-0.3, -0.25) is 0 Å². The summed E-state index contributed by atoms with van der Waals surface area (Å²) in [5, 5.41) is 15.1. The monoisotopic (exact) mass is 357 g/mol. The number of aromatic nitrogens is 3. The zero-order valence-corrected chi connectivity index (χ0v) is 14.8. The highest BCUT2D eigenvalue weighted by Gasteiger charge is 2.06. The maximum atomic E-state index is 9.32. The zero-order valence-electron chi connectivity index (χ0n) is 14.0. The normalized spacial score (nSPS) is 11.5. The second-order valence-electron chi connectivity index (χ2n) is 5.79. The second-order valence-corrected chi connectivity index (χ2v) is 6.65. The number of imidazole rings is 1. The summed E-state index contributed by atoms with van der Waals surface area (Å²) < 4.78 is 0. The average Bonchev–Trinajstić information content (AvgIpc) is 3.29. The third kappa shape index (κ3) is 3.21. The molecular weight excluding hydrogens is 342 g/mol. The molecule has 0 saturated heterocycles. The highest BCUT2D eigenvalue weighted by molar-refractivity contribution is 7.10. The van der Waals surface area contributed by atoms with Crippen LogP contribution in [0.15, 0.2) is 60.1 Å². The van der Waals surface area contributed by atoms with Gasteiger partial charge in [0, 0.05) is 28.5 Å². The van der Waals surface area contributed by atoms with Gasteiger partial charge in [-0.05, 0) is 43.3 Å². The van der Waals surface area contributed by atoms with E-state index in [1.807, 2.05) is 60.8 Å². The summed E-state index contributed by atoms with van der Waals surface area (Å²) in [4.78, 5) is 12.3. The summed E-state index contributed by atoms with van der Waals surface area (Å²) in [6.07, 6.45) is 1.69. The van der Waals surface area contributed by atoms with Crippen molar-refractivity contribution in [2.45, 2.75) is 6.92 Å². The van der Waals surface area contributed by atoms with Gasteiger partial charge in [-0.2, -0.15) is 5.26 Å². The first-order valence-corrected chi connectivity index (χ1v) is 8.95. The summed E-state index contributed by atoms with van der Waals surface area (Å²) in [6.45, 7) is 1.92. The van der Waals surface area contributed by atoms with E-state index < -0.39 is 0 Å². The molecule has 2 N–H and O–H groups in total. The summed E-state index contributed by atoms with van der Waals surface area (Å²) >= 11 is 1.46. The Kier molecular flexibility index (Phi) is 4.22. The molecule has 0 radical (unpaired) electrons. The van der Waals surface area contributed by atoms with E-state index in [1.165, 1.54) is 11.3 Å². The van der Waals surface area contributed by atoms with Gasteiger partial charge in [0.05, 0.1) is 11.0 Å². The number of rotatable bonds is 4. The summed E-state index contributed by atoms with van der Waals surface area (Å²) in [6, 6.07) is 18.0. The smallest absolute Gasteiger partial charge is 0.138 e. The molecule has 2 aromatic heterocycles. The molecule has 0 amide bonds. The lowest BCUT2D eigenvalue weighted by Gasteiger charge is -2.03. The molecule has 2 aromatic carbocycles. The molecule has 0 aliphatic rings. The topological polar surface area (TPSA) is 77.4 Å². The molecule has 0 unspecified atom stereocenters. The van der Waals surface area contributed by atoms with Crippen LogP contribution in [0.5, 0.6) is 0 Å². The number of hydrogen-bond donors (Lipinski definition) is 2. The molecule has 0 atom stereocenters. The van der Waals surface area contributed by atoms with Crippen LogP contribution in [0.25, 0.3) is 28.0 Å². The minimum atomic E-state index is 0.518. The van der Waals surface area contributed by atoms with Crippen molar-refractivity contribution in [3.8, 4) is 17.5 Å². The first-order valence-electron chi connectivity index (χ1n) is 8.07. The lowest BCUT2D eigenvalue weighted by Crippen LogP contribution is -1.91. The molecular formula is C20H15N5S. The van der Waals surface area contributed by atoms with E-state index in [2.05, 4.69) is 26.3 Å². The van der Waals surface area contributed by atoms with Crippen LogP contribution in [0.4, 0.5) is 5.69 Å². The Hall–Kier alpha value is -3.43.